The number of nitrogens with zero attached hydrogens (tertiary/aromatic N) is 2. The average Bonchev–Trinajstić information content (AvgIpc) is 3.16. The Morgan fingerprint density at radius 2 is 1.70 bits per heavy atom. The standard InChI is InChI=1S/C22H20N2O2S/c1-15(2)23-14-17(18-10-6-7-11-19(18)23)12-20-21(25)24(22(26)27-20)13-16-8-4-3-5-9-16/h3-12,14-15H,13H2,1-2H3. The van der Waals surface area contributed by atoms with Gasteiger partial charge in [-0.1, -0.05) is 48.5 Å². The number of benzene rings is 2. The third-order valence-corrected chi connectivity index (χ3v) is 5.58. The van der Waals surface area contributed by atoms with Crippen molar-refractivity contribution in [1.82, 2.24) is 9.47 Å². The molecule has 3 aromatic rings. The first kappa shape index (κ1) is 17.6. The number of fused-ring (bicyclic) bond motifs is 1. The van der Waals surface area contributed by atoms with E-state index in [4.69, 9.17) is 0 Å². The zero-order chi connectivity index (χ0) is 19.0. The number of thioether (sulfide) groups is 1. The van der Waals surface area contributed by atoms with Gasteiger partial charge in [0.05, 0.1) is 11.4 Å². The van der Waals surface area contributed by atoms with Crippen molar-refractivity contribution >= 4 is 39.9 Å². The topological polar surface area (TPSA) is 42.3 Å². The predicted molar refractivity (Wildman–Crippen MR) is 110 cm³/mol. The molecule has 2 aromatic carbocycles. The highest BCUT2D eigenvalue weighted by Gasteiger charge is 2.35. The molecule has 1 fully saturated rings. The van der Waals surface area contributed by atoms with Crippen LogP contribution in [-0.4, -0.2) is 20.6 Å². The number of rotatable bonds is 4. The minimum atomic E-state index is -0.227. The predicted octanol–water partition coefficient (Wildman–Crippen LogP) is 5.46. The van der Waals surface area contributed by atoms with E-state index in [-0.39, 0.29) is 11.1 Å². The molecule has 4 nitrogen and oxygen atoms in total. The number of carbonyl (C=O) groups excluding carboxylic acids is 2. The molecule has 0 unspecified atom stereocenters. The molecule has 27 heavy (non-hydrogen) atoms. The van der Waals surface area contributed by atoms with Crippen LogP contribution >= 0.6 is 11.8 Å². The zero-order valence-corrected chi connectivity index (χ0v) is 16.1. The van der Waals surface area contributed by atoms with Crippen molar-refractivity contribution < 1.29 is 9.59 Å². The second-order valence-corrected chi connectivity index (χ2v) is 7.85. The first-order valence-electron chi connectivity index (χ1n) is 8.93. The van der Waals surface area contributed by atoms with Crippen LogP contribution in [0.25, 0.3) is 17.0 Å². The molecule has 0 saturated carbocycles. The Kier molecular flexibility index (Phi) is 4.62. The first-order chi connectivity index (χ1) is 13.0. The molecule has 4 rings (SSSR count). The third-order valence-electron chi connectivity index (χ3n) is 4.67. The molecule has 0 spiro atoms. The number of hydrogen-bond acceptors (Lipinski definition) is 3. The molecule has 5 heteroatoms. The fourth-order valence-corrected chi connectivity index (χ4v) is 4.15. The van der Waals surface area contributed by atoms with Crippen LogP contribution in [0.5, 0.6) is 0 Å². The van der Waals surface area contributed by atoms with E-state index >= 15 is 0 Å². The van der Waals surface area contributed by atoms with Crippen molar-refractivity contribution in [2.45, 2.75) is 26.4 Å². The molecular formula is C22H20N2O2S. The molecule has 0 bridgehead atoms. The molecule has 2 heterocycles. The van der Waals surface area contributed by atoms with Gasteiger partial charge >= 0.3 is 0 Å². The normalized spacial score (nSPS) is 16.3. The Morgan fingerprint density at radius 1 is 1.00 bits per heavy atom. The molecule has 0 aliphatic carbocycles. The van der Waals surface area contributed by atoms with Gasteiger partial charge in [-0.15, -0.1) is 0 Å². The summed E-state index contributed by atoms with van der Waals surface area (Å²) in [4.78, 5) is 27.0. The summed E-state index contributed by atoms with van der Waals surface area (Å²) in [6.45, 7) is 4.56. The summed E-state index contributed by atoms with van der Waals surface area (Å²) in [6, 6.07) is 18.0. The number of carbonyl (C=O) groups is 2. The SMILES string of the molecule is CC(C)n1cc(C=C2SC(=O)N(Cc3ccccc3)C2=O)c2ccccc21. The molecule has 0 radical (unpaired) electrons. The van der Waals surface area contributed by atoms with Gasteiger partial charge in [-0.05, 0) is 43.3 Å². The fourth-order valence-electron chi connectivity index (χ4n) is 3.32. The second kappa shape index (κ2) is 7.08. The highest BCUT2D eigenvalue weighted by Crippen LogP contribution is 2.35. The van der Waals surface area contributed by atoms with Crippen molar-refractivity contribution in [2.24, 2.45) is 0 Å². The van der Waals surface area contributed by atoms with E-state index in [1.54, 1.807) is 0 Å². The Morgan fingerprint density at radius 3 is 2.44 bits per heavy atom. The molecule has 1 saturated heterocycles. The van der Waals surface area contributed by atoms with Crippen LogP contribution in [0.2, 0.25) is 0 Å². The van der Waals surface area contributed by atoms with Gasteiger partial charge in [0.1, 0.15) is 0 Å². The van der Waals surface area contributed by atoms with Gasteiger partial charge in [-0.2, -0.15) is 0 Å². The van der Waals surface area contributed by atoms with Crippen molar-refractivity contribution in [3.8, 4) is 0 Å². The lowest BCUT2D eigenvalue weighted by Gasteiger charge is -2.12. The van der Waals surface area contributed by atoms with E-state index in [0.717, 1.165) is 33.8 Å². The smallest absolute Gasteiger partial charge is 0.293 e. The minimum Gasteiger partial charge on any atom is -0.344 e. The lowest BCUT2D eigenvalue weighted by atomic mass is 10.1. The van der Waals surface area contributed by atoms with E-state index in [1.165, 1.54) is 4.90 Å². The molecule has 1 aromatic heterocycles. The highest BCUT2D eigenvalue weighted by molar-refractivity contribution is 8.18. The van der Waals surface area contributed by atoms with Crippen molar-refractivity contribution in [1.29, 1.82) is 0 Å². The van der Waals surface area contributed by atoms with Crippen LogP contribution in [0.3, 0.4) is 0 Å². The highest BCUT2D eigenvalue weighted by atomic mass is 32.2. The van der Waals surface area contributed by atoms with Gasteiger partial charge in [-0.3, -0.25) is 14.5 Å². The Balaban J connectivity index is 1.68. The molecular weight excluding hydrogens is 356 g/mol. The number of imide groups is 1. The van der Waals surface area contributed by atoms with Crippen molar-refractivity contribution in [3.63, 3.8) is 0 Å². The fraction of sp³-hybridized carbons (Fsp3) is 0.182. The van der Waals surface area contributed by atoms with E-state index < -0.39 is 0 Å². The molecule has 136 valence electrons. The second-order valence-electron chi connectivity index (χ2n) is 6.86. The maximum absolute atomic E-state index is 12.8. The van der Waals surface area contributed by atoms with Crippen LogP contribution < -0.4 is 0 Å². The first-order valence-corrected chi connectivity index (χ1v) is 9.75. The van der Waals surface area contributed by atoms with Gasteiger partial charge in [0, 0.05) is 28.7 Å². The summed E-state index contributed by atoms with van der Waals surface area (Å²) in [6.07, 6.45) is 3.90. The van der Waals surface area contributed by atoms with Crippen LogP contribution in [-0.2, 0) is 11.3 Å². The number of para-hydroxylation sites is 1. The van der Waals surface area contributed by atoms with Gasteiger partial charge in [0.25, 0.3) is 11.1 Å². The largest absolute Gasteiger partial charge is 0.344 e. The molecule has 1 aliphatic heterocycles. The zero-order valence-electron chi connectivity index (χ0n) is 15.3. The molecule has 0 N–H and O–H groups in total. The average molecular weight is 376 g/mol. The maximum atomic E-state index is 12.8. The van der Waals surface area contributed by atoms with E-state index in [1.807, 2.05) is 54.6 Å². The van der Waals surface area contributed by atoms with Gasteiger partial charge in [0.15, 0.2) is 0 Å². The number of amides is 2. The molecule has 2 amide bonds. The summed E-state index contributed by atoms with van der Waals surface area (Å²) < 4.78 is 2.19. The van der Waals surface area contributed by atoms with Crippen LogP contribution in [0.1, 0.15) is 31.0 Å². The molecule has 1 aliphatic rings. The lowest BCUT2D eigenvalue weighted by Crippen LogP contribution is -2.27. The van der Waals surface area contributed by atoms with Crippen molar-refractivity contribution in [2.75, 3.05) is 0 Å². The van der Waals surface area contributed by atoms with Crippen molar-refractivity contribution in [3.05, 3.63) is 76.8 Å². The van der Waals surface area contributed by atoms with Gasteiger partial charge in [0.2, 0.25) is 0 Å². The van der Waals surface area contributed by atoms with Crippen LogP contribution in [0, 0.1) is 0 Å². The van der Waals surface area contributed by atoms with Crippen LogP contribution in [0.4, 0.5) is 4.79 Å². The van der Waals surface area contributed by atoms with E-state index in [9.17, 15) is 9.59 Å². The maximum Gasteiger partial charge on any atom is 0.293 e. The summed E-state index contributed by atoms with van der Waals surface area (Å²) >= 11 is 1.01. The summed E-state index contributed by atoms with van der Waals surface area (Å²) in [7, 11) is 0. The Bertz CT molecular complexity index is 1050. The number of hydrogen-bond donors (Lipinski definition) is 0. The lowest BCUT2D eigenvalue weighted by molar-refractivity contribution is -0.123. The van der Waals surface area contributed by atoms with E-state index in [0.29, 0.717) is 17.5 Å². The van der Waals surface area contributed by atoms with Gasteiger partial charge in [-0.25, -0.2) is 0 Å². The summed E-state index contributed by atoms with van der Waals surface area (Å²) in [5, 5.41) is 0.865. The third kappa shape index (κ3) is 3.30. The Hall–Kier alpha value is -2.79. The van der Waals surface area contributed by atoms with Gasteiger partial charge < -0.3 is 4.57 Å². The quantitative estimate of drug-likeness (QED) is 0.568. The summed E-state index contributed by atoms with van der Waals surface area (Å²) in [5.41, 5.74) is 3.03. The summed E-state index contributed by atoms with van der Waals surface area (Å²) in [5.74, 6) is -0.227. The molecule has 0 atom stereocenters. The monoisotopic (exact) mass is 376 g/mol. The minimum absolute atomic E-state index is 0.220. The van der Waals surface area contributed by atoms with E-state index in [2.05, 4.69) is 30.7 Å². The Labute approximate surface area is 162 Å². The van der Waals surface area contributed by atoms with Crippen LogP contribution in [0.15, 0.2) is 65.7 Å². The number of aromatic nitrogens is 1.